The molecule has 3 rings (SSSR count). The third kappa shape index (κ3) is 2.48. The molecule has 1 heterocycles. The fourth-order valence-electron chi connectivity index (χ4n) is 1.81. The van der Waals surface area contributed by atoms with Crippen molar-refractivity contribution in [2.24, 2.45) is 0 Å². The van der Waals surface area contributed by atoms with E-state index in [1.807, 2.05) is 36.4 Å². The quantitative estimate of drug-likeness (QED) is 0.649. The summed E-state index contributed by atoms with van der Waals surface area (Å²) in [5.41, 5.74) is 8.13. The van der Waals surface area contributed by atoms with E-state index in [4.69, 9.17) is 10.3 Å². The summed E-state index contributed by atoms with van der Waals surface area (Å²) >= 11 is 6.89. The van der Waals surface area contributed by atoms with Gasteiger partial charge in [-0.2, -0.15) is 4.98 Å². The van der Waals surface area contributed by atoms with Crippen molar-refractivity contribution in [1.82, 2.24) is 10.1 Å². The maximum Gasteiger partial charge on any atom is 0.259 e. The van der Waals surface area contributed by atoms with E-state index in [9.17, 15) is 0 Å². The molecule has 0 amide bonds. The molecule has 0 unspecified atom stereocenters. The predicted octanol–water partition coefficient (Wildman–Crippen LogP) is 4.51. The van der Waals surface area contributed by atoms with Crippen LogP contribution in [0.4, 0.5) is 5.69 Å². The number of nitrogens with zero attached hydrogens (tertiary/aromatic N) is 2. The molecule has 100 valence electrons. The minimum atomic E-state index is 0.447. The lowest BCUT2D eigenvalue weighted by Crippen LogP contribution is -1.90. The Bertz CT molecular complexity index is 771. The van der Waals surface area contributed by atoms with Crippen LogP contribution in [0.25, 0.3) is 22.8 Å². The normalized spacial score (nSPS) is 10.7. The number of nitrogens with two attached hydrogens (primary N) is 1. The summed E-state index contributed by atoms with van der Waals surface area (Å²) in [6.07, 6.45) is 0. The average Bonchev–Trinajstić information content (AvgIpc) is 2.88. The van der Waals surface area contributed by atoms with Crippen molar-refractivity contribution in [3.63, 3.8) is 0 Å². The van der Waals surface area contributed by atoms with Gasteiger partial charge in [-0.1, -0.05) is 33.2 Å². The number of benzene rings is 2. The number of para-hydroxylation sites is 1. The van der Waals surface area contributed by atoms with Gasteiger partial charge in [0.1, 0.15) is 0 Å². The van der Waals surface area contributed by atoms with Crippen LogP contribution in [0.2, 0.25) is 0 Å². The van der Waals surface area contributed by atoms with E-state index >= 15 is 0 Å². The van der Waals surface area contributed by atoms with Crippen LogP contribution < -0.4 is 5.73 Å². The van der Waals surface area contributed by atoms with Gasteiger partial charge in [0.05, 0.1) is 5.56 Å². The zero-order valence-corrected chi connectivity index (χ0v) is 13.3. The highest BCUT2D eigenvalue weighted by Crippen LogP contribution is 2.31. The zero-order valence-electron chi connectivity index (χ0n) is 10.2. The molecular weight excluding hydrogens is 386 g/mol. The van der Waals surface area contributed by atoms with Crippen LogP contribution in [0.3, 0.4) is 0 Å². The number of hydrogen-bond acceptors (Lipinski definition) is 4. The van der Waals surface area contributed by atoms with E-state index in [0.717, 1.165) is 20.1 Å². The van der Waals surface area contributed by atoms with E-state index in [-0.39, 0.29) is 0 Å². The lowest BCUT2D eigenvalue weighted by molar-refractivity contribution is 0.432. The Hall–Kier alpha value is -1.66. The summed E-state index contributed by atoms with van der Waals surface area (Å²) in [6, 6.07) is 13.2. The molecule has 0 bridgehead atoms. The van der Waals surface area contributed by atoms with Gasteiger partial charge in [0.2, 0.25) is 5.82 Å². The zero-order chi connectivity index (χ0) is 14.1. The van der Waals surface area contributed by atoms with Crippen molar-refractivity contribution in [2.75, 3.05) is 5.73 Å². The van der Waals surface area contributed by atoms with Gasteiger partial charge in [-0.25, -0.2) is 0 Å². The molecule has 0 spiro atoms. The minimum absolute atomic E-state index is 0.447. The fourth-order valence-corrected chi connectivity index (χ4v) is 3.02. The second-order valence-corrected chi connectivity index (χ2v) is 5.90. The van der Waals surface area contributed by atoms with Crippen LogP contribution in [-0.4, -0.2) is 10.1 Å². The van der Waals surface area contributed by atoms with Crippen molar-refractivity contribution in [3.05, 3.63) is 51.4 Å². The summed E-state index contributed by atoms with van der Waals surface area (Å²) in [7, 11) is 0. The maximum absolute atomic E-state index is 5.91. The molecule has 0 saturated carbocycles. The Morgan fingerprint density at radius 3 is 2.55 bits per heavy atom. The smallest absolute Gasteiger partial charge is 0.259 e. The van der Waals surface area contributed by atoms with Gasteiger partial charge in [-0.3, -0.25) is 0 Å². The second kappa shape index (κ2) is 5.38. The van der Waals surface area contributed by atoms with E-state index in [1.54, 1.807) is 6.07 Å². The highest BCUT2D eigenvalue weighted by Gasteiger charge is 2.14. The Kier molecular flexibility index (Phi) is 3.58. The van der Waals surface area contributed by atoms with Gasteiger partial charge in [-0.05, 0) is 46.3 Å². The highest BCUT2D eigenvalue weighted by atomic mass is 79.9. The van der Waals surface area contributed by atoms with Gasteiger partial charge in [0, 0.05) is 20.2 Å². The molecule has 0 atom stereocenters. The molecule has 0 saturated heterocycles. The van der Waals surface area contributed by atoms with Crippen molar-refractivity contribution in [3.8, 4) is 22.8 Å². The van der Waals surface area contributed by atoms with Gasteiger partial charge in [-0.15, -0.1) is 0 Å². The lowest BCUT2D eigenvalue weighted by Gasteiger charge is -1.99. The molecule has 6 heteroatoms. The summed E-state index contributed by atoms with van der Waals surface area (Å²) in [4.78, 5) is 4.40. The fraction of sp³-hybridized carbons (Fsp3) is 0. The van der Waals surface area contributed by atoms with E-state index < -0.39 is 0 Å². The molecule has 2 aromatic carbocycles. The van der Waals surface area contributed by atoms with Crippen LogP contribution in [0.1, 0.15) is 0 Å². The molecule has 1 aromatic heterocycles. The molecule has 4 nitrogen and oxygen atoms in total. The van der Waals surface area contributed by atoms with Gasteiger partial charge in [0.15, 0.2) is 0 Å². The van der Waals surface area contributed by atoms with Crippen LogP contribution in [0.5, 0.6) is 0 Å². The van der Waals surface area contributed by atoms with Crippen molar-refractivity contribution in [2.45, 2.75) is 0 Å². The predicted molar refractivity (Wildman–Crippen MR) is 85.0 cm³/mol. The number of hydrogen-bond donors (Lipinski definition) is 1. The van der Waals surface area contributed by atoms with Crippen LogP contribution >= 0.6 is 31.9 Å². The first-order chi connectivity index (χ1) is 9.65. The minimum Gasteiger partial charge on any atom is -0.398 e. The van der Waals surface area contributed by atoms with Crippen LogP contribution in [0.15, 0.2) is 55.9 Å². The second-order valence-electron chi connectivity index (χ2n) is 4.13. The molecule has 20 heavy (non-hydrogen) atoms. The summed E-state index contributed by atoms with van der Waals surface area (Å²) < 4.78 is 7.17. The van der Waals surface area contributed by atoms with Crippen LogP contribution in [0, 0.1) is 0 Å². The number of rotatable bonds is 2. The summed E-state index contributed by atoms with van der Waals surface area (Å²) in [5, 5.41) is 3.99. The Labute approximate surface area is 132 Å². The van der Waals surface area contributed by atoms with Gasteiger partial charge < -0.3 is 10.3 Å². The number of nitrogen functional groups attached to an aromatic ring is 1. The maximum atomic E-state index is 5.91. The van der Waals surface area contributed by atoms with E-state index in [2.05, 4.69) is 42.0 Å². The molecule has 2 N–H and O–H groups in total. The summed E-state index contributed by atoms with van der Waals surface area (Å²) in [6.45, 7) is 0. The molecular formula is C14H9Br2N3O. The molecule has 0 aliphatic heterocycles. The van der Waals surface area contributed by atoms with Crippen molar-refractivity contribution < 1.29 is 4.52 Å². The molecule has 0 fully saturated rings. The first kappa shape index (κ1) is 13.3. The van der Waals surface area contributed by atoms with Crippen LogP contribution in [-0.2, 0) is 0 Å². The molecule has 0 aliphatic carbocycles. The van der Waals surface area contributed by atoms with Crippen molar-refractivity contribution >= 4 is 37.5 Å². The third-order valence-corrected chi connectivity index (χ3v) is 3.94. The first-order valence-corrected chi connectivity index (χ1v) is 7.38. The number of halogens is 2. The van der Waals surface area contributed by atoms with Gasteiger partial charge in [0.25, 0.3) is 5.89 Å². The topological polar surface area (TPSA) is 64.9 Å². The Balaban J connectivity index is 2.04. The molecule has 3 aromatic rings. The number of aromatic nitrogens is 2. The highest BCUT2D eigenvalue weighted by molar-refractivity contribution is 9.11. The first-order valence-electron chi connectivity index (χ1n) is 5.79. The van der Waals surface area contributed by atoms with Gasteiger partial charge >= 0.3 is 0 Å². The van der Waals surface area contributed by atoms with Crippen molar-refractivity contribution in [1.29, 1.82) is 0 Å². The Morgan fingerprint density at radius 2 is 1.80 bits per heavy atom. The molecule has 0 aliphatic rings. The molecule has 0 radical (unpaired) electrons. The Morgan fingerprint density at radius 1 is 1.00 bits per heavy atom. The number of anilines is 1. The van der Waals surface area contributed by atoms with E-state index in [1.165, 1.54) is 0 Å². The van der Waals surface area contributed by atoms with E-state index in [0.29, 0.717) is 17.4 Å². The lowest BCUT2D eigenvalue weighted by atomic mass is 10.2. The average molecular weight is 395 g/mol. The largest absolute Gasteiger partial charge is 0.398 e. The monoisotopic (exact) mass is 393 g/mol. The summed E-state index contributed by atoms with van der Waals surface area (Å²) in [5.74, 6) is 0.926. The third-order valence-electron chi connectivity index (χ3n) is 2.79. The standard InChI is InChI=1S/C14H9Br2N3O/c15-8-5-6-9(11(16)7-8)14-18-13(19-20-14)10-3-1-2-4-12(10)17/h1-7H,17H2. The SMILES string of the molecule is Nc1ccccc1-c1noc(-c2ccc(Br)cc2Br)n1.